The highest BCUT2D eigenvalue weighted by Crippen LogP contribution is 2.03. The zero-order chi connectivity index (χ0) is 8.97. The van der Waals surface area contributed by atoms with Gasteiger partial charge in [-0.3, -0.25) is 5.32 Å². The molecule has 6 heteroatoms. The Balaban J connectivity index is 2.79. The maximum atomic E-state index is 10.1. The van der Waals surface area contributed by atoms with E-state index in [0.29, 0.717) is 5.56 Å². The van der Waals surface area contributed by atoms with Crippen molar-refractivity contribution in [3.63, 3.8) is 0 Å². The first kappa shape index (κ1) is 8.41. The van der Waals surface area contributed by atoms with Gasteiger partial charge in [-0.15, -0.1) is 5.10 Å². The van der Waals surface area contributed by atoms with Gasteiger partial charge in [-0.25, -0.2) is 4.79 Å². The zero-order valence-corrected chi connectivity index (χ0v) is 6.06. The van der Waals surface area contributed by atoms with Crippen LogP contribution in [0.25, 0.3) is 0 Å². The highest BCUT2D eigenvalue weighted by molar-refractivity contribution is 5.81. The van der Waals surface area contributed by atoms with Crippen molar-refractivity contribution < 1.29 is 15.0 Å². The first-order chi connectivity index (χ1) is 5.72. The van der Waals surface area contributed by atoms with Crippen LogP contribution in [0.4, 0.5) is 10.6 Å². The number of hydrogen-bond donors (Lipinski definition) is 3. The minimum Gasteiger partial charge on any atom is -0.465 e. The number of nitrogens with zero attached hydrogens (tertiary/aromatic N) is 2. The third-order valence-electron chi connectivity index (χ3n) is 1.13. The molecular formula is C6H7N3O3. The lowest BCUT2D eigenvalue weighted by Crippen LogP contribution is -2.09. The Morgan fingerprint density at radius 2 is 2.42 bits per heavy atom. The van der Waals surface area contributed by atoms with Gasteiger partial charge in [0.15, 0.2) is 5.82 Å². The van der Waals surface area contributed by atoms with E-state index in [1.807, 2.05) is 5.32 Å². The summed E-state index contributed by atoms with van der Waals surface area (Å²) in [6.45, 7) is -0.191. The maximum absolute atomic E-state index is 10.1. The van der Waals surface area contributed by atoms with Crippen LogP contribution in [0, 0.1) is 0 Å². The predicted molar refractivity (Wildman–Crippen MR) is 39.6 cm³/mol. The summed E-state index contributed by atoms with van der Waals surface area (Å²) in [6, 6.07) is 1.40. The van der Waals surface area contributed by atoms with Crippen LogP contribution in [-0.2, 0) is 6.61 Å². The summed E-state index contributed by atoms with van der Waals surface area (Å²) in [7, 11) is 0. The molecule has 64 valence electrons. The molecule has 12 heavy (non-hydrogen) atoms. The molecule has 0 fully saturated rings. The molecule has 6 nitrogen and oxygen atoms in total. The minimum atomic E-state index is -1.21. The molecule has 3 N–H and O–H groups in total. The third kappa shape index (κ3) is 2.17. The number of carbonyl (C=O) groups is 1. The second-order valence-corrected chi connectivity index (χ2v) is 2.04. The van der Waals surface area contributed by atoms with Gasteiger partial charge in [0.2, 0.25) is 0 Å². The average molecular weight is 169 g/mol. The van der Waals surface area contributed by atoms with Crippen molar-refractivity contribution >= 4 is 11.9 Å². The van der Waals surface area contributed by atoms with Crippen molar-refractivity contribution in [2.24, 2.45) is 0 Å². The summed E-state index contributed by atoms with van der Waals surface area (Å²) in [6.07, 6.45) is 0.145. The van der Waals surface area contributed by atoms with E-state index in [0.717, 1.165) is 0 Å². The summed E-state index contributed by atoms with van der Waals surface area (Å²) >= 11 is 0. The molecular weight excluding hydrogens is 162 g/mol. The molecule has 0 bridgehead atoms. The van der Waals surface area contributed by atoms with Crippen molar-refractivity contribution in [2.75, 3.05) is 5.32 Å². The van der Waals surface area contributed by atoms with Gasteiger partial charge in [0.25, 0.3) is 0 Å². The van der Waals surface area contributed by atoms with Crippen LogP contribution in [0.15, 0.2) is 12.3 Å². The largest absolute Gasteiger partial charge is 0.465 e. The smallest absolute Gasteiger partial charge is 0.410 e. The zero-order valence-electron chi connectivity index (χ0n) is 6.06. The van der Waals surface area contributed by atoms with Gasteiger partial charge in [-0.2, -0.15) is 5.10 Å². The molecule has 0 aliphatic rings. The van der Waals surface area contributed by atoms with Gasteiger partial charge >= 0.3 is 6.09 Å². The molecule has 1 amide bonds. The van der Waals surface area contributed by atoms with Crippen LogP contribution in [0.1, 0.15) is 5.56 Å². The van der Waals surface area contributed by atoms with E-state index in [1.165, 1.54) is 12.3 Å². The molecule has 0 saturated heterocycles. The summed E-state index contributed by atoms with van der Waals surface area (Å²) in [5, 5.41) is 25.9. The molecule has 0 spiro atoms. The maximum Gasteiger partial charge on any atom is 0.410 e. The second kappa shape index (κ2) is 3.63. The Hall–Kier alpha value is -1.69. The van der Waals surface area contributed by atoms with E-state index < -0.39 is 6.09 Å². The van der Waals surface area contributed by atoms with Gasteiger partial charge < -0.3 is 10.2 Å². The average Bonchev–Trinajstić information content (AvgIpc) is 2.03. The Labute approximate surface area is 67.9 Å². The second-order valence-electron chi connectivity index (χ2n) is 2.04. The number of anilines is 1. The first-order valence-electron chi connectivity index (χ1n) is 3.15. The van der Waals surface area contributed by atoms with Crippen LogP contribution in [0.5, 0.6) is 0 Å². The van der Waals surface area contributed by atoms with Crippen molar-refractivity contribution in [2.45, 2.75) is 6.61 Å². The van der Waals surface area contributed by atoms with Crippen molar-refractivity contribution in [1.29, 1.82) is 0 Å². The summed E-state index contributed by atoms with van der Waals surface area (Å²) in [4.78, 5) is 10.1. The molecule has 0 aliphatic heterocycles. The number of rotatable bonds is 2. The van der Waals surface area contributed by atoms with E-state index in [4.69, 9.17) is 10.2 Å². The fourth-order valence-electron chi connectivity index (χ4n) is 0.664. The minimum absolute atomic E-state index is 0.106. The van der Waals surface area contributed by atoms with E-state index in [1.54, 1.807) is 0 Å². The highest BCUT2D eigenvalue weighted by Gasteiger charge is 2.00. The fraction of sp³-hybridized carbons (Fsp3) is 0.167. The topological polar surface area (TPSA) is 95.3 Å². The van der Waals surface area contributed by atoms with Gasteiger partial charge in [0.1, 0.15) is 0 Å². The van der Waals surface area contributed by atoms with E-state index in [9.17, 15) is 4.79 Å². The normalized spacial score (nSPS) is 9.42. The molecule has 0 saturated carbocycles. The summed E-state index contributed by atoms with van der Waals surface area (Å²) < 4.78 is 0. The first-order valence-corrected chi connectivity index (χ1v) is 3.15. The van der Waals surface area contributed by atoms with Gasteiger partial charge in [-0.05, 0) is 6.07 Å². The summed E-state index contributed by atoms with van der Waals surface area (Å²) in [5.41, 5.74) is 0.508. The van der Waals surface area contributed by atoms with Crippen LogP contribution >= 0.6 is 0 Å². The number of carboxylic acid groups (broad SMARTS) is 1. The Bertz CT molecular complexity index is 289. The van der Waals surface area contributed by atoms with E-state index in [2.05, 4.69) is 10.2 Å². The predicted octanol–water partition coefficient (Wildman–Crippen LogP) is 0.0588. The van der Waals surface area contributed by atoms with Crippen molar-refractivity contribution in [3.8, 4) is 0 Å². The molecule has 0 atom stereocenters. The van der Waals surface area contributed by atoms with Gasteiger partial charge in [0, 0.05) is 5.56 Å². The summed E-state index contributed by atoms with van der Waals surface area (Å²) in [5.74, 6) is 0.106. The number of aliphatic hydroxyl groups is 1. The molecule has 0 aromatic carbocycles. The highest BCUT2D eigenvalue weighted by atomic mass is 16.4. The van der Waals surface area contributed by atoms with E-state index >= 15 is 0 Å². The number of aliphatic hydroxyl groups excluding tert-OH is 1. The molecule has 0 aliphatic carbocycles. The number of hydrogen-bond acceptors (Lipinski definition) is 4. The monoisotopic (exact) mass is 169 g/mol. The van der Waals surface area contributed by atoms with Crippen LogP contribution in [0.2, 0.25) is 0 Å². The number of aromatic nitrogens is 2. The van der Waals surface area contributed by atoms with Crippen LogP contribution in [-0.4, -0.2) is 26.5 Å². The Kier molecular flexibility index (Phi) is 2.54. The molecule has 0 radical (unpaired) electrons. The third-order valence-corrected chi connectivity index (χ3v) is 1.13. The number of amides is 1. The van der Waals surface area contributed by atoms with Crippen LogP contribution in [0.3, 0.4) is 0 Å². The van der Waals surface area contributed by atoms with Crippen LogP contribution < -0.4 is 5.32 Å². The molecule has 1 aromatic heterocycles. The molecule has 0 unspecified atom stereocenters. The molecule has 1 heterocycles. The lowest BCUT2D eigenvalue weighted by atomic mass is 10.3. The van der Waals surface area contributed by atoms with E-state index in [-0.39, 0.29) is 12.4 Å². The van der Waals surface area contributed by atoms with Gasteiger partial charge in [-0.1, -0.05) is 0 Å². The lowest BCUT2D eigenvalue weighted by molar-refractivity contribution is 0.209. The van der Waals surface area contributed by atoms with Crippen molar-refractivity contribution in [3.05, 3.63) is 17.8 Å². The fourth-order valence-corrected chi connectivity index (χ4v) is 0.664. The SMILES string of the molecule is O=C(O)Nc1cc(CO)cnn1. The lowest BCUT2D eigenvalue weighted by Gasteiger charge is -1.99. The van der Waals surface area contributed by atoms with Gasteiger partial charge in [0.05, 0.1) is 12.8 Å². The Morgan fingerprint density at radius 1 is 1.67 bits per heavy atom. The standard InChI is InChI=1S/C6H7N3O3/c10-3-4-1-5(8-6(11)12)9-7-2-4/h1-2,10H,3H2,(H,8,9)(H,11,12). The van der Waals surface area contributed by atoms with Crippen molar-refractivity contribution in [1.82, 2.24) is 10.2 Å². The molecule has 1 rings (SSSR count). The Morgan fingerprint density at radius 3 is 3.00 bits per heavy atom. The quantitative estimate of drug-likeness (QED) is 0.581. The number of nitrogens with one attached hydrogen (secondary N) is 1. The molecule has 1 aromatic rings.